The van der Waals surface area contributed by atoms with E-state index < -0.39 is 0 Å². The lowest BCUT2D eigenvalue weighted by atomic mass is 10.9. The van der Waals surface area contributed by atoms with Crippen LogP contribution in [0.15, 0.2) is 0 Å². The maximum atomic E-state index is 5.37. The first-order valence-corrected chi connectivity index (χ1v) is 8.08. The van der Waals surface area contributed by atoms with Gasteiger partial charge in [0, 0.05) is 34.9 Å². The topological polar surface area (TPSA) is 0 Å². The number of alkyl halides is 3. The number of hydrogen-bond donors (Lipinski definition) is 0. The summed E-state index contributed by atoms with van der Waals surface area (Å²) in [7, 11) is 0. The first-order valence-electron chi connectivity index (χ1n) is 4.16. The normalized spacial score (nSPS) is 9.23. The van der Waals surface area contributed by atoms with Crippen LogP contribution < -0.4 is 0 Å². The number of halogens is 3. The first kappa shape index (κ1) is 17.0. The molecule has 0 nitrogen and oxygen atoms in total. The highest BCUT2D eigenvalue weighted by atomic mass is 35.5. The fourth-order valence-corrected chi connectivity index (χ4v) is 2.21. The Morgan fingerprint density at radius 3 is 1.38 bits per heavy atom. The van der Waals surface area contributed by atoms with Crippen LogP contribution in [0.4, 0.5) is 0 Å². The molecule has 0 amide bonds. The zero-order valence-corrected chi connectivity index (χ0v) is 11.8. The summed E-state index contributed by atoms with van der Waals surface area (Å²) in [6.45, 7) is 2.14. The highest BCUT2D eigenvalue weighted by Crippen LogP contribution is 1.99. The third-order valence-electron chi connectivity index (χ3n) is 0.869. The molecule has 0 rings (SSSR count). The fraction of sp³-hybridized carbons (Fsp3) is 1.00. The molecule has 82 valence electrons. The average Bonchev–Trinajstić information content (AvgIpc) is 2.17. The van der Waals surface area contributed by atoms with Gasteiger partial charge < -0.3 is 0 Å². The van der Waals surface area contributed by atoms with Crippen molar-refractivity contribution in [2.75, 3.05) is 40.7 Å². The van der Waals surface area contributed by atoms with Crippen molar-refractivity contribution in [2.45, 2.75) is 6.92 Å². The summed E-state index contributed by atoms with van der Waals surface area (Å²) in [4.78, 5) is 0. The molecule has 0 aliphatic heterocycles. The van der Waals surface area contributed by atoms with E-state index in [1.807, 2.05) is 11.8 Å². The minimum Gasteiger partial charge on any atom is -0.161 e. The van der Waals surface area contributed by atoms with Crippen LogP contribution in [0.2, 0.25) is 0 Å². The third-order valence-corrected chi connectivity index (χ3v) is 3.99. The van der Waals surface area contributed by atoms with Gasteiger partial charge in [0.25, 0.3) is 0 Å². The van der Waals surface area contributed by atoms with Crippen LogP contribution in [0.3, 0.4) is 0 Å². The van der Waals surface area contributed by atoms with Crippen molar-refractivity contribution < 1.29 is 0 Å². The summed E-state index contributed by atoms with van der Waals surface area (Å²) in [6, 6.07) is 0. The van der Waals surface area contributed by atoms with E-state index in [-0.39, 0.29) is 0 Å². The van der Waals surface area contributed by atoms with Gasteiger partial charge in [-0.1, -0.05) is 6.92 Å². The van der Waals surface area contributed by atoms with Gasteiger partial charge in [-0.2, -0.15) is 23.5 Å². The van der Waals surface area contributed by atoms with Crippen molar-refractivity contribution in [1.82, 2.24) is 0 Å². The molecule has 0 heterocycles. The standard InChI is InChI=1S/C4H8Cl2S.C4H9ClS/c5-1-3-7-4-2-6;1-2-6-4-3-5/h1-4H2;2-4H2,1H3. The van der Waals surface area contributed by atoms with E-state index in [2.05, 4.69) is 6.92 Å². The zero-order valence-electron chi connectivity index (χ0n) is 7.90. The Morgan fingerprint density at radius 1 is 0.769 bits per heavy atom. The maximum absolute atomic E-state index is 5.37. The second kappa shape index (κ2) is 19.2. The van der Waals surface area contributed by atoms with Gasteiger partial charge in [0.15, 0.2) is 0 Å². The van der Waals surface area contributed by atoms with E-state index in [9.17, 15) is 0 Å². The van der Waals surface area contributed by atoms with Crippen molar-refractivity contribution in [2.24, 2.45) is 0 Å². The molecule has 0 atom stereocenters. The van der Waals surface area contributed by atoms with Crippen molar-refractivity contribution in [3.05, 3.63) is 0 Å². The molecule has 0 aromatic heterocycles. The monoisotopic (exact) mass is 282 g/mol. The number of hydrogen-bond acceptors (Lipinski definition) is 2. The average molecular weight is 284 g/mol. The van der Waals surface area contributed by atoms with Gasteiger partial charge in [0.05, 0.1) is 0 Å². The van der Waals surface area contributed by atoms with E-state index in [0.717, 1.165) is 34.9 Å². The number of rotatable bonds is 7. The van der Waals surface area contributed by atoms with Gasteiger partial charge in [-0.3, -0.25) is 0 Å². The minimum atomic E-state index is 0.738. The van der Waals surface area contributed by atoms with Gasteiger partial charge in [-0.25, -0.2) is 0 Å². The lowest BCUT2D eigenvalue weighted by Gasteiger charge is -1.89. The van der Waals surface area contributed by atoms with Crippen LogP contribution in [0, 0.1) is 0 Å². The Balaban J connectivity index is 0. The second-order valence-electron chi connectivity index (χ2n) is 1.88. The highest BCUT2D eigenvalue weighted by molar-refractivity contribution is 7.99. The van der Waals surface area contributed by atoms with Gasteiger partial charge in [-0.05, 0) is 5.75 Å². The second-order valence-corrected chi connectivity index (χ2v) is 5.63. The summed E-state index contributed by atoms with van der Waals surface area (Å²) >= 11 is 19.8. The molecule has 0 aliphatic rings. The van der Waals surface area contributed by atoms with Crippen molar-refractivity contribution in [3.8, 4) is 0 Å². The van der Waals surface area contributed by atoms with Crippen molar-refractivity contribution >= 4 is 58.3 Å². The van der Waals surface area contributed by atoms with Gasteiger partial charge >= 0.3 is 0 Å². The first-order chi connectivity index (χ1) is 6.33. The fourth-order valence-electron chi connectivity index (χ4n) is 0.410. The van der Waals surface area contributed by atoms with Gasteiger partial charge in [-0.15, -0.1) is 34.8 Å². The van der Waals surface area contributed by atoms with Crippen LogP contribution in [0.25, 0.3) is 0 Å². The molecule has 0 fully saturated rings. The summed E-state index contributed by atoms with van der Waals surface area (Å²) < 4.78 is 0. The molecule has 0 aromatic rings. The molecule has 5 heteroatoms. The van der Waals surface area contributed by atoms with E-state index in [1.165, 1.54) is 5.75 Å². The van der Waals surface area contributed by atoms with E-state index >= 15 is 0 Å². The Labute approximate surface area is 105 Å². The maximum Gasteiger partial charge on any atom is 0.0314 e. The third kappa shape index (κ3) is 24.7. The molecule has 0 bridgehead atoms. The van der Waals surface area contributed by atoms with E-state index in [1.54, 1.807) is 11.8 Å². The Morgan fingerprint density at radius 2 is 1.15 bits per heavy atom. The number of thioether (sulfide) groups is 2. The molecule has 13 heavy (non-hydrogen) atoms. The molecule has 0 radical (unpaired) electrons. The highest BCUT2D eigenvalue weighted by Gasteiger charge is 1.82. The molecule has 0 saturated carbocycles. The molecule has 0 aromatic carbocycles. The molecule has 0 spiro atoms. The molecular formula is C8H17Cl3S2. The van der Waals surface area contributed by atoms with Crippen LogP contribution in [-0.4, -0.2) is 40.7 Å². The molecule has 0 aliphatic carbocycles. The van der Waals surface area contributed by atoms with Crippen LogP contribution in [0.5, 0.6) is 0 Å². The van der Waals surface area contributed by atoms with Gasteiger partial charge in [0.1, 0.15) is 0 Å². The largest absolute Gasteiger partial charge is 0.161 e. The summed E-state index contributed by atoms with van der Waals surface area (Å²) in [6.07, 6.45) is 0. The SMILES string of the molecule is CCSCCCl.ClCCSCCCl. The van der Waals surface area contributed by atoms with E-state index in [4.69, 9.17) is 34.8 Å². The summed E-state index contributed by atoms with van der Waals surface area (Å²) in [5, 5.41) is 0. The molecular weight excluding hydrogens is 267 g/mol. The smallest absolute Gasteiger partial charge is 0.0314 e. The molecule has 0 N–H and O–H groups in total. The van der Waals surface area contributed by atoms with Crippen molar-refractivity contribution in [1.29, 1.82) is 0 Å². The van der Waals surface area contributed by atoms with E-state index in [0.29, 0.717) is 0 Å². The van der Waals surface area contributed by atoms with Gasteiger partial charge in [0.2, 0.25) is 0 Å². The minimum absolute atomic E-state index is 0.738. The quantitative estimate of drug-likeness (QED) is 0.508. The predicted octanol–water partition coefficient (Wildman–Crippen LogP) is 4.18. The Kier molecular flexibility index (Phi) is 25.1. The predicted molar refractivity (Wildman–Crippen MR) is 72.5 cm³/mol. The van der Waals surface area contributed by atoms with Crippen molar-refractivity contribution in [3.63, 3.8) is 0 Å². The lowest BCUT2D eigenvalue weighted by molar-refractivity contribution is 1.47. The van der Waals surface area contributed by atoms with Crippen LogP contribution >= 0.6 is 58.3 Å². The molecule has 0 saturated heterocycles. The Hall–Kier alpha value is 1.57. The van der Waals surface area contributed by atoms with Crippen LogP contribution in [0.1, 0.15) is 6.92 Å². The lowest BCUT2D eigenvalue weighted by Crippen LogP contribution is -1.83. The summed E-state index contributed by atoms with van der Waals surface area (Å²) in [5.41, 5.74) is 0. The van der Waals surface area contributed by atoms with Crippen LogP contribution in [-0.2, 0) is 0 Å². The molecule has 0 unspecified atom stereocenters. The Bertz CT molecular complexity index is 66.4. The zero-order chi connectivity index (χ0) is 10.4. The summed E-state index contributed by atoms with van der Waals surface area (Å²) in [5.74, 6) is 6.59.